The molecule has 2 heterocycles. The van der Waals surface area contributed by atoms with Crippen LogP contribution < -0.4 is 5.32 Å². The number of amides is 1. The first-order valence-corrected chi connectivity index (χ1v) is 7.14. The molecule has 2 rings (SSSR count). The van der Waals surface area contributed by atoms with Crippen molar-refractivity contribution in [3.8, 4) is 0 Å². The summed E-state index contributed by atoms with van der Waals surface area (Å²) in [6.07, 6.45) is -4.66. The Morgan fingerprint density at radius 3 is 2.60 bits per heavy atom. The van der Waals surface area contributed by atoms with Crippen molar-refractivity contribution in [1.82, 2.24) is 15.2 Å². The number of carbonyl (C=O) groups excluding carboxylic acids is 1. The van der Waals surface area contributed by atoms with Gasteiger partial charge in [0, 0.05) is 5.92 Å². The zero-order valence-electron chi connectivity index (χ0n) is 10.4. The van der Waals surface area contributed by atoms with Crippen molar-refractivity contribution in [2.24, 2.45) is 0 Å². The van der Waals surface area contributed by atoms with Gasteiger partial charge >= 0.3 is 6.18 Å². The zero-order chi connectivity index (χ0) is 14.9. The summed E-state index contributed by atoms with van der Waals surface area (Å²) in [5.41, 5.74) is -0.203. The van der Waals surface area contributed by atoms with E-state index in [1.165, 1.54) is 0 Å². The van der Waals surface area contributed by atoms with Gasteiger partial charge in [-0.25, -0.2) is 4.98 Å². The maximum Gasteiger partial charge on any atom is 0.434 e. The Kier molecular flexibility index (Phi) is 4.04. The normalized spacial score (nSPS) is 11.9. The van der Waals surface area contributed by atoms with Gasteiger partial charge in [-0.1, -0.05) is 25.2 Å². The van der Waals surface area contributed by atoms with E-state index in [0.29, 0.717) is 16.3 Å². The molecule has 0 saturated carbocycles. The van der Waals surface area contributed by atoms with Crippen molar-refractivity contribution < 1.29 is 18.0 Å². The highest BCUT2D eigenvalue weighted by Crippen LogP contribution is 2.33. The standard InChI is InChI=1S/C10H9F3N4OS2/c1-4(2)8-16-17-9(20-8)15-7(18)5-6(10(11,12)13)14-3-19-5/h3-4H,1-2H3,(H,15,17,18). The number of hydrogen-bond donors (Lipinski definition) is 1. The number of nitrogens with zero attached hydrogens (tertiary/aromatic N) is 3. The van der Waals surface area contributed by atoms with Crippen molar-refractivity contribution >= 4 is 33.7 Å². The monoisotopic (exact) mass is 322 g/mol. The molecule has 0 aromatic carbocycles. The van der Waals surface area contributed by atoms with Gasteiger partial charge in [0.05, 0.1) is 5.51 Å². The summed E-state index contributed by atoms with van der Waals surface area (Å²) < 4.78 is 37.9. The SMILES string of the molecule is CC(C)c1nnc(NC(=O)c2scnc2C(F)(F)F)s1. The number of carbonyl (C=O) groups is 1. The molecule has 0 saturated heterocycles. The second-order valence-corrected chi connectivity index (χ2v) is 5.95. The lowest BCUT2D eigenvalue weighted by Crippen LogP contribution is -2.17. The molecule has 1 amide bonds. The highest BCUT2D eigenvalue weighted by molar-refractivity contribution is 7.15. The van der Waals surface area contributed by atoms with Crippen LogP contribution in [0.1, 0.15) is 40.1 Å². The van der Waals surface area contributed by atoms with Gasteiger partial charge in [0.2, 0.25) is 5.13 Å². The molecule has 0 aliphatic rings. The molecule has 2 aromatic rings. The summed E-state index contributed by atoms with van der Waals surface area (Å²) in [6.45, 7) is 3.80. The zero-order valence-corrected chi connectivity index (χ0v) is 12.0. The van der Waals surface area contributed by atoms with Crippen LogP contribution in [-0.4, -0.2) is 21.1 Å². The second-order valence-electron chi connectivity index (χ2n) is 4.08. The van der Waals surface area contributed by atoms with E-state index in [1.807, 2.05) is 13.8 Å². The minimum Gasteiger partial charge on any atom is -0.296 e. The Morgan fingerprint density at radius 2 is 2.05 bits per heavy atom. The van der Waals surface area contributed by atoms with Crippen molar-refractivity contribution in [2.45, 2.75) is 25.9 Å². The number of hydrogen-bond acceptors (Lipinski definition) is 6. The van der Waals surface area contributed by atoms with Crippen LogP contribution in [0.2, 0.25) is 0 Å². The van der Waals surface area contributed by atoms with E-state index in [-0.39, 0.29) is 11.0 Å². The molecular weight excluding hydrogens is 313 g/mol. The van der Waals surface area contributed by atoms with E-state index in [1.54, 1.807) is 0 Å². The molecule has 108 valence electrons. The van der Waals surface area contributed by atoms with Crippen LogP contribution in [0.4, 0.5) is 18.3 Å². The molecule has 0 unspecified atom stereocenters. The molecule has 0 aliphatic carbocycles. The summed E-state index contributed by atoms with van der Waals surface area (Å²) >= 11 is 1.76. The molecule has 10 heteroatoms. The Morgan fingerprint density at radius 1 is 1.35 bits per heavy atom. The number of anilines is 1. The van der Waals surface area contributed by atoms with E-state index in [2.05, 4.69) is 20.5 Å². The van der Waals surface area contributed by atoms with Crippen molar-refractivity contribution in [2.75, 3.05) is 5.32 Å². The molecule has 0 atom stereocenters. The Hall–Kier alpha value is -1.55. The molecule has 0 spiro atoms. The maximum atomic E-state index is 12.6. The third-order valence-electron chi connectivity index (χ3n) is 2.20. The quantitative estimate of drug-likeness (QED) is 0.940. The molecule has 0 bridgehead atoms. The second kappa shape index (κ2) is 5.44. The Balaban J connectivity index is 2.18. The Labute approximate surface area is 119 Å². The molecule has 20 heavy (non-hydrogen) atoms. The van der Waals surface area contributed by atoms with Gasteiger partial charge in [-0.05, 0) is 0 Å². The lowest BCUT2D eigenvalue weighted by Gasteiger charge is -2.05. The third-order valence-corrected chi connectivity index (χ3v) is 4.16. The van der Waals surface area contributed by atoms with Gasteiger partial charge in [0.1, 0.15) is 9.88 Å². The van der Waals surface area contributed by atoms with Crippen molar-refractivity contribution in [3.05, 3.63) is 21.1 Å². The van der Waals surface area contributed by atoms with E-state index in [0.717, 1.165) is 16.8 Å². The van der Waals surface area contributed by atoms with Gasteiger partial charge in [-0.2, -0.15) is 13.2 Å². The summed E-state index contributed by atoms with van der Waals surface area (Å²) in [5.74, 6) is -0.751. The molecule has 0 radical (unpaired) electrons. The van der Waals surface area contributed by atoms with Gasteiger partial charge in [-0.3, -0.25) is 10.1 Å². The van der Waals surface area contributed by atoms with E-state index in [4.69, 9.17) is 0 Å². The fourth-order valence-corrected chi connectivity index (χ4v) is 2.72. The van der Waals surface area contributed by atoms with Crippen LogP contribution in [0, 0.1) is 0 Å². The van der Waals surface area contributed by atoms with Crippen LogP contribution in [0.5, 0.6) is 0 Å². The van der Waals surface area contributed by atoms with Gasteiger partial charge in [0.15, 0.2) is 5.69 Å². The number of halogens is 3. The summed E-state index contributed by atoms with van der Waals surface area (Å²) in [7, 11) is 0. The van der Waals surface area contributed by atoms with Crippen LogP contribution in [0.25, 0.3) is 0 Å². The summed E-state index contributed by atoms with van der Waals surface area (Å²) in [6, 6.07) is 0. The first-order valence-electron chi connectivity index (χ1n) is 5.44. The number of nitrogens with one attached hydrogen (secondary N) is 1. The van der Waals surface area contributed by atoms with Gasteiger partial charge < -0.3 is 0 Å². The summed E-state index contributed by atoms with van der Waals surface area (Å²) in [5, 5.41) is 10.7. The average Bonchev–Trinajstić information content (AvgIpc) is 2.95. The van der Waals surface area contributed by atoms with Crippen LogP contribution >= 0.6 is 22.7 Å². The highest BCUT2D eigenvalue weighted by Gasteiger charge is 2.38. The fraction of sp³-hybridized carbons (Fsp3) is 0.400. The fourth-order valence-electron chi connectivity index (χ4n) is 1.28. The van der Waals surface area contributed by atoms with Gasteiger partial charge in [-0.15, -0.1) is 21.5 Å². The molecule has 0 fully saturated rings. The smallest absolute Gasteiger partial charge is 0.296 e. The average molecular weight is 322 g/mol. The minimum atomic E-state index is -4.66. The maximum absolute atomic E-state index is 12.6. The predicted octanol–water partition coefficient (Wildman–Crippen LogP) is 3.39. The van der Waals surface area contributed by atoms with Crippen molar-refractivity contribution in [1.29, 1.82) is 0 Å². The Bertz CT molecular complexity index is 620. The highest BCUT2D eigenvalue weighted by atomic mass is 32.1. The minimum absolute atomic E-state index is 0.132. The van der Waals surface area contributed by atoms with Crippen molar-refractivity contribution in [3.63, 3.8) is 0 Å². The number of alkyl halides is 3. The topological polar surface area (TPSA) is 67.8 Å². The number of rotatable bonds is 3. The van der Waals surface area contributed by atoms with Crippen LogP contribution in [0.3, 0.4) is 0 Å². The number of thiazole rings is 1. The first-order chi connectivity index (χ1) is 9.29. The first kappa shape index (κ1) is 14.9. The molecule has 2 aromatic heterocycles. The van der Waals surface area contributed by atoms with Crippen LogP contribution in [0.15, 0.2) is 5.51 Å². The molecule has 5 nitrogen and oxygen atoms in total. The lowest BCUT2D eigenvalue weighted by molar-refractivity contribution is -0.141. The lowest BCUT2D eigenvalue weighted by atomic mass is 10.2. The predicted molar refractivity (Wildman–Crippen MR) is 69.1 cm³/mol. The van der Waals surface area contributed by atoms with E-state index < -0.39 is 22.7 Å². The third kappa shape index (κ3) is 3.12. The molecular formula is C10H9F3N4OS2. The molecule has 1 N–H and O–H groups in total. The van der Waals surface area contributed by atoms with E-state index >= 15 is 0 Å². The number of aromatic nitrogens is 3. The summed E-state index contributed by atoms with van der Waals surface area (Å²) in [4.78, 5) is 14.5. The molecule has 0 aliphatic heterocycles. The van der Waals surface area contributed by atoms with E-state index in [9.17, 15) is 18.0 Å². The van der Waals surface area contributed by atoms with Crippen LogP contribution in [-0.2, 0) is 6.18 Å². The largest absolute Gasteiger partial charge is 0.434 e. The van der Waals surface area contributed by atoms with Gasteiger partial charge in [0.25, 0.3) is 5.91 Å².